The number of amides is 2. The van der Waals surface area contributed by atoms with E-state index in [1.165, 1.54) is 6.08 Å². The summed E-state index contributed by atoms with van der Waals surface area (Å²) in [6.45, 7) is -0.251. The number of thiophene rings is 1. The Morgan fingerprint density at radius 3 is 2.76 bits per heavy atom. The number of primary amides is 1. The van der Waals surface area contributed by atoms with Gasteiger partial charge in [0.2, 0.25) is 5.91 Å². The first-order valence-electron chi connectivity index (χ1n) is 4.55. The molecule has 0 saturated carbocycles. The van der Waals surface area contributed by atoms with Crippen molar-refractivity contribution in [3.8, 4) is 0 Å². The number of nitrogens with two attached hydrogens (primary N) is 1. The fraction of sp³-hybridized carbons (Fsp3) is 0.100. The number of carbonyl (C=O) groups excluding carboxylic acids is 2. The number of rotatable bonds is 5. The van der Waals surface area contributed by atoms with Gasteiger partial charge in [0, 0.05) is 6.08 Å². The lowest BCUT2D eigenvalue weighted by atomic mass is 10.2. The molecule has 17 heavy (non-hydrogen) atoms. The van der Waals surface area contributed by atoms with E-state index in [1.54, 1.807) is 11.4 Å². The monoisotopic (exact) mass is 254 g/mol. The summed E-state index contributed by atoms with van der Waals surface area (Å²) in [4.78, 5) is 32.8. The molecular formula is C10H10N2O4S. The highest BCUT2D eigenvalue weighted by Gasteiger charge is 2.11. The third-order valence-corrected chi connectivity index (χ3v) is 2.66. The van der Waals surface area contributed by atoms with Gasteiger partial charge in [0.05, 0.1) is 11.4 Å². The normalized spacial score (nSPS) is 10.4. The van der Waals surface area contributed by atoms with E-state index in [0.717, 1.165) is 17.4 Å². The second-order valence-corrected chi connectivity index (χ2v) is 3.94. The molecule has 0 spiro atoms. The average Bonchev–Trinajstić information content (AvgIpc) is 2.71. The maximum absolute atomic E-state index is 11.6. The lowest BCUT2D eigenvalue weighted by Crippen LogP contribution is -2.33. The molecule has 0 aromatic carbocycles. The molecular weight excluding hydrogens is 244 g/mol. The maximum Gasteiger partial charge on any atom is 0.328 e. The van der Waals surface area contributed by atoms with Crippen LogP contribution in [0.3, 0.4) is 0 Å². The summed E-state index contributed by atoms with van der Waals surface area (Å²) < 4.78 is 0. The number of nitrogens with one attached hydrogen (secondary N) is 1. The van der Waals surface area contributed by atoms with Crippen LogP contribution in [0.4, 0.5) is 0 Å². The summed E-state index contributed by atoms with van der Waals surface area (Å²) in [5, 5.41) is 12.5. The highest BCUT2D eigenvalue weighted by Crippen LogP contribution is 2.18. The first-order chi connectivity index (χ1) is 8.00. The highest BCUT2D eigenvalue weighted by molar-refractivity contribution is 7.12. The van der Waals surface area contributed by atoms with Crippen molar-refractivity contribution < 1.29 is 19.5 Å². The first kappa shape index (κ1) is 12.9. The number of hydrogen-bond acceptors (Lipinski definition) is 4. The lowest BCUT2D eigenvalue weighted by molar-refractivity contribution is -0.131. The molecule has 90 valence electrons. The zero-order valence-corrected chi connectivity index (χ0v) is 9.49. The summed E-state index contributed by atoms with van der Waals surface area (Å²) in [6, 6.07) is 1.61. The van der Waals surface area contributed by atoms with Crippen molar-refractivity contribution >= 4 is 35.2 Å². The molecule has 0 unspecified atom stereocenters. The number of carboxylic acids is 1. The Bertz CT molecular complexity index is 478. The second kappa shape index (κ2) is 5.80. The van der Waals surface area contributed by atoms with Crippen LogP contribution in [0, 0.1) is 0 Å². The Hall–Kier alpha value is -2.15. The largest absolute Gasteiger partial charge is 0.478 e. The minimum Gasteiger partial charge on any atom is -0.478 e. The van der Waals surface area contributed by atoms with Gasteiger partial charge >= 0.3 is 5.97 Å². The van der Waals surface area contributed by atoms with Gasteiger partial charge in [-0.15, -0.1) is 11.3 Å². The molecule has 0 aliphatic heterocycles. The topological polar surface area (TPSA) is 109 Å². The van der Waals surface area contributed by atoms with Crippen LogP contribution in [-0.2, 0) is 9.59 Å². The van der Waals surface area contributed by atoms with Crippen LogP contribution in [0.25, 0.3) is 6.08 Å². The Balaban J connectivity index is 2.77. The van der Waals surface area contributed by atoms with Gasteiger partial charge in [-0.25, -0.2) is 4.79 Å². The zero-order chi connectivity index (χ0) is 12.8. The van der Waals surface area contributed by atoms with Gasteiger partial charge in [-0.2, -0.15) is 0 Å². The molecule has 0 aliphatic rings. The standard InChI is InChI=1S/C10H10N2O4S/c11-7(13)5-12-10(16)9-6(3-4-17-9)1-2-8(14)15/h1-4H,5H2,(H2,11,13)(H,12,16)(H,14,15). The number of carboxylic acid groups (broad SMARTS) is 1. The zero-order valence-electron chi connectivity index (χ0n) is 8.67. The minimum atomic E-state index is -1.10. The molecule has 0 bridgehead atoms. The van der Waals surface area contributed by atoms with Crippen LogP contribution in [-0.4, -0.2) is 29.4 Å². The summed E-state index contributed by atoms with van der Waals surface area (Å²) in [5.74, 6) is -2.19. The molecule has 1 heterocycles. The Morgan fingerprint density at radius 1 is 1.47 bits per heavy atom. The van der Waals surface area contributed by atoms with E-state index in [1.807, 2.05) is 0 Å². The molecule has 0 aliphatic carbocycles. The van der Waals surface area contributed by atoms with Crippen LogP contribution in [0.2, 0.25) is 0 Å². The molecule has 0 atom stereocenters. The molecule has 0 saturated heterocycles. The maximum atomic E-state index is 11.6. The lowest BCUT2D eigenvalue weighted by Gasteiger charge is -2.01. The van der Waals surface area contributed by atoms with Crippen molar-refractivity contribution in [1.82, 2.24) is 5.32 Å². The van der Waals surface area contributed by atoms with E-state index in [9.17, 15) is 14.4 Å². The van der Waals surface area contributed by atoms with E-state index >= 15 is 0 Å². The van der Waals surface area contributed by atoms with Gasteiger partial charge in [-0.1, -0.05) is 0 Å². The highest BCUT2D eigenvalue weighted by atomic mass is 32.1. The van der Waals surface area contributed by atoms with Crippen molar-refractivity contribution in [2.24, 2.45) is 5.73 Å². The molecule has 4 N–H and O–H groups in total. The summed E-state index contributed by atoms with van der Waals surface area (Å²) in [6.07, 6.45) is 2.25. The smallest absolute Gasteiger partial charge is 0.328 e. The van der Waals surface area contributed by atoms with Crippen molar-refractivity contribution in [1.29, 1.82) is 0 Å². The molecule has 0 radical (unpaired) electrons. The van der Waals surface area contributed by atoms with E-state index in [-0.39, 0.29) is 6.54 Å². The second-order valence-electron chi connectivity index (χ2n) is 3.03. The van der Waals surface area contributed by atoms with Crippen LogP contribution in [0.5, 0.6) is 0 Å². The molecule has 0 fully saturated rings. The molecule has 7 heteroatoms. The third kappa shape index (κ3) is 4.07. The average molecular weight is 254 g/mol. The Labute approximate surface area is 101 Å². The van der Waals surface area contributed by atoms with Gasteiger partial charge < -0.3 is 16.2 Å². The van der Waals surface area contributed by atoms with Crippen LogP contribution < -0.4 is 11.1 Å². The van der Waals surface area contributed by atoms with Gasteiger partial charge in [0.25, 0.3) is 5.91 Å². The summed E-state index contributed by atoms with van der Waals surface area (Å²) in [7, 11) is 0. The van der Waals surface area contributed by atoms with Gasteiger partial charge in [-0.3, -0.25) is 9.59 Å². The van der Waals surface area contributed by atoms with Crippen molar-refractivity contribution in [3.05, 3.63) is 28.0 Å². The molecule has 6 nitrogen and oxygen atoms in total. The minimum absolute atomic E-state index is 0.251. The van der Waals surface area contributed by atoms with Crippen molar-refractivity contribution in [2.75, 3.05) is 6.54 Å². The summed E-state index contributed by atoms with van der Waals surface area (Å²) >= 11 is 1.15. The Morgan fingerprint density at radius 2 is 2.18 bits per heavy atom. The summed E-state index contributed by atoms with van der Waals surface area (Å²) in [5.41, 5.74) is 5.37. The Kier molecular flexibility index (Phi) is 4.41. The van der Waals surface area contributed by atoms with E-state index in [4.69, 9.17) is 10.8 Å². The fourth-order valence-corrected chi connectivity index (χ4v) is 1.85. The van der Waals surface area contributed by atoms with Gasteiger partial charge in [0.1, 0.15) is 0 Å². The molecule has 1 aromatic rings. The van der Waals surface area contributed by atoms with Crippen LogP contribution >= 0.6 is 11.3 Å². The van der Waals surface area contributed by atoms with Crippen molar-refractivity contribution in [3.63, 3.8) is 0 Å². The molecule has 1 aromatic heterocycles. The quantitative estimate of drug-likeness (QED) is 0.645. The molecule has 2 amide bonds. The van der Waals surface area contributed by atoms with Crippen molar-refractivity contribution in [2.45, 2.75) is 0 Å². The number of carbonyl (C=O) groups is 3. The first-order valence-corrected chi connectivity index (χ1v) is 5.43. The number of aliphatic carboxylic acids is 1. The van der Waals surface area contributed by atoms with E-state index in [2.05, 4.69) is 5.32 Å². The third-order valence-electron chi connectivity index (χ3n) is 1.73. The van der Waals surface area contributed by atoms with Gasteiger partial charge in [0.15, 0.2) is 0 Å². The van der Waals surface area contributed by atoms with Crippen LogP contribution in [0.15, 0.2) is 17.5 Å². The van der Waals surface area contributed by atoms with Crippen LogP contribution in [0.1, 0.15) is 15.2 Å². The van der Waals surface area contributed by atoms with E-state index in [0.29, 0.717) is 10.4 Å². The SMILES string of the molecule is NC(=O)CNC(=O)c1sccc1C=CC(=O)O. The van der Waals surface area contributed by atoms with Gasteiger partial charge in [-0.05, 0) is 23.1 Å². The molecule has 1 rings (SSSR count). The number of hydrogen-bond donors (Lipinski definition) is 3. The predicted octanol–water partition coefficient (Wildman–Crippen LogP) is 0.0610. The predicted molar refractivity (Wildman–Crippen MR) is 62.5 cm³/mol. The fourth-order valence-electron chi connectivity index (χ4n) is 1.04. The van der Waals surface area contributed by atoms with E-state index < -0.39 is 17.8 Å².